The van der Waals surface area contributed by atoms with E-state index in [9.17, 15) is 5.11 Å². The largest absolute Gasteiger partial charge is 0.504 e. The number of hydrogen-bond acceptors (Lipinski definition) is 5. The highest BCUT2D eigenvalue weighted by molar-refractivity contribution is 8.22. The molecular formula is C10H12N2O2S2. The Morgan fingerprint density at radius 2 is 2.38 bits per heavy atom. The predicted molar refractivity (Wildman–Crippen MR) is 71.5 cm³/mol. The lowest BCUT2D eigenvalue weighted by atomic mass is 10.2. The number of nitrogens with zero attached hydrogens (tertiary/aromatic N) is 1. The average Bonchev–Trinajstić information content (AvgIpc) is 2.31. The van der Waals surface area contributed by atoms with Crippen molar-refractivity contribution in [1.29, 1.82) is 0 Å². The number of hydrazone groups is 1. The zero-order chi connectivity index (χ0) is 12.0. The van der Waals surface area contributed by atoms with Crippen LogP contribution in [0.1, 0.15) is 5.56 Å². The topological polar surface area (TPSA) is 53.8 Å². The van der Waals surface area contributed by atoms with Crippen molar-refractivity contribution in [3.05, 3.63) is 23.8 Å². The van der Waals surface area contributed by atoms with Crippen molar-refractivity contribution in [3.8, 4) is 11.5 Å². The molecule has 86 valence electrons. The van der Waals surface area contributed by atoms with E-state index >= 15 is 0 Å². The Morgan fingerprint density at radius 3 is 3.00 bits per heavy atom. The standard InChI is InChI=1S/C10H12N2O2S2/c1-14-9-5-7(3-4-8(9)13)6-11-12-10(15)16-2/h3-6,13H,1-2H3,(H,12,15). The molecule has 0 aromatic heterocycles. The molecule has 4 nitrogen and oxygen atoms in total. The fourth-order valence-electron chi connectivity index (χ4n) is 0.980. The van der Waals surface area contributed by atoms with E-state index in [0.717, 1.165) is 5.56 Å². The number of hydrogen-bond donors (Lipinski definition) is 2. The van der Waals surface area contributed by atoms with Gasteiger partial charge in [-0.1, -0.05) is 24.0 Å². The molecule has 1 aromatic rings. The van der Waals surface area contributed by atoms with Crippen LogP contribution in [0.4, 0.5) is 0 Å². The van der Waals surface area contributed by atoms with Crippen molar-refractivity contribution in [3.63, 3.8) is 0 Å². The molecule has 0 unspecified atom stereocenters. The van der Waals surface area contributed by atoms with Crippen LogP contribution < -0.4 is 10.2 Å². The molecule has 16 heavy (non-hydrogen) atoms. The summed E-state index contributed by atoms with van der Waals surface area (Å²) in [6.07, 6.45) is 3.47. The van der Waals surface area contributed by atoms with Crippen LogP contribution in [-0.4, -0.2) is 29.0 Å². The summed E-state index contributed by atoms with van der Waals surface area (Å²) < 4.78 is 5.57. The van der Waals surface area contributed by atoms with Crippen molar-refractivity contribution < 1.29 is 9.84 Å². The zero-order valence-corrected chi connectivity index (χ0v) is 10.6. The van der Waals surface area contributed by atoms with Crippen molar-refractivity contribution in [2.75, 3.05) is 13.4 Å². The third-order valence-electron chi connectivity index (χ3n) is 1.76. The van der Waals surface area contributed by atoms with Crippen LogP contribution in [0.15, 0.2) is 23.3 Å². The smallest absolute Gasteiger partial charge is 0.161 e. The Hall–Kier alpha value is -1.27. The van der Waals surface area contributed by atoms with Gasteiger partial charge in [-0.05, 0) is 30.0 Å². The van der Waals surface area contributed by atoms with E-state index in [4.69, 9.17) is 17.0 Å². The van der Waals surface area contributed by atoms with E-state index in [1.54, 1.807) is 24.4 Å². The number of phenolic OH excluding ortho intramolecular Hbond substituents is 1. The molecule has 0 aliphatic carbocycles. The summed E-state index contributed by atoms with van der Waals surface area (Å²) in [5, 5.41) is 13.3. The van der Waals surface area contributed by atoms with Gasteiger partial charge in [-0.3, -0.25) is 5.43 Å². The molecule has 1 aromatic carbocycles. The van der Waals surface area contributed by atoms with Crippen molar-refractivity contribution in [1.82, 2.24) is 5.43 Å². The van der Waals surface area contributed by atoms with Gasteiger partial charge in [0.05, 0.1) is 13.3 Å². The molecule has 0 atom stereocenters. The van der Waals surface area contributed by atoms with Gasteiger partial charge in [-0.25, -0.2) is 0 Å². The minimum absolute atomic E-state index is 0.104. The first kappa shape index (κ1) is 12.8. The summed E-state index contributed by atoms with van der Waals surface area (Å²) in [6, 6.07) is 4.96. The molecule has 2 N–H and O–H groups in total. The number of aromatic hydroxyl groups is 1. The Kier molecular flexibility index (Phi) is 5.07. The number of thiocarbonyl (C=S) groups is 1. The van der Waals surface area contributed by atoms with Crippen LogP contribution in [0.3, 0.4) is 0 Å². The lowest BCUT2D eigenvalue weighted by Crippen LogP contribution is -2.10. The molecule has 6 heteroatoms. The highest BCUT2D eigenvalue weighted by atomic mass is 32.2. The van der Waals surface area contributed by atoms with Crippen molar-refractivity contribution in [2.24, 2.45) is 5.10 Å². The number of benzene rings is 1. The van der Waals surface area contributed by atoms with Gasteiger partial charge in [0, 0.05) is 0 Å². The van der Waals surface area contributed by atoms with Gasteiger partial charge in [-0.2, -0.15) is 5.10 Å². The second-order valence-electron chi connectivity index (χ2n) is 2.79. The highest BCUT2D eigenvalue weighted by Gasteiger charge is 2.00. The fourth-order valence-corrected chi connectivity index (χ4v) is 1.18. The van der Waals surface area contributed by atoms with Crippen LogP contribution in [0.2, 0.25) is 0 Å². The van der Waals surface area contributed by atoms with Gasteiger partial charge < -0.3 is 9.84 Å². The van der Waals surface area contributed by atoms with Gasteiger partial charge in [-0.15, -0.1) is 0 Å². The van der Waals surface area contributed by atoms with E-state index in [2.05, 4.69) is 10.5 Å². The first-order chi connectivity index (χ1) is 7.67. The van der Waals surface area contributed by atoms with Crippen LogP contribution in [0.5, 0.6) is 11.5 Å². The second kappa shape index (κ2) is 6.34. The molecule has 0 aliphatic heterocycles. The molecule has 0 aliphatic rings. The van der Waals surface area contributed by atoms with Crippen LogP contribution in [-0.2, 0) is 0 Å². The third kappa shape index (κ3) is 3.71. The number of nitrogens with one attached hydrogen (secondary N) is 1. The third-order valence-corrected chi connectivity index (χ3v) is 2.81. The first-order valence-electron chi connectivity index (χ1n) is 4.41. The number of thioether (sulfide) groups is 1. The maximum absolute atomic E-state index is 9.38. The number of rotatable bonds is 3. The van der Waals surface area contributed by atoms with E-state index < -0.39 is 0 Å². The first-order valence-corrected chi connectivity index (χ1v) is 6.04. The SMILES string of the molecule is COc1cc(C=NNC(=S)SC)ccc1O. The molecule has 0 bridgehead atoms. The average molecular weight is 256 g/mol. The van der Waals surface area contributed by atoms with Crippen LogP contribution in [0, 0.1) is 0 Å². The molecule has 0 fully saturated rings. The second-order valence-corrected chi connectivity index (χ2v) is 4.28. The molecule has 0 radical (unpaired) electrons. The Morgan fingerprint density at radius 1 is 1.62 bits per heavy atom. The fraction of sp³-hybridized carbons (Fsp3) is 0.200. The summed E-state index contributed by atoms with van der Waals surface area (Å²) in [5.74, 6) is 0.517. The number of ether oxygens (including phenoxy) is 1. The monoisotopic (exact) mass is 256 g/mol. The van der Waals surface area contributed by atoms with Crippen molar-refractivity contribution in [2.45, 2.75) is 0 Å². The van der Waals surface area contributed by atoms with E-state index in [1.807, 2.05) is 6.26 Å². The summed E-state index contributed by atoms with van der Waals surface area (Å²) in [5.41, 5.74) is 3.50. The maximum Gasteiger partial charge on any atom is 0.161 e. The molecule has 0 saturated heterocycles. The molecule has 0 heterocycles. The molecule has 0 spiro atoms. The molecule has 0 saturated carbocycles. The van der Waals surface area contributed by atoms with Gasteiger partial charge in [0.15, 0.2) is 15.8 Å². The lowest BCUT2D eigenvalue weighted by molar-refractivity contribution is 0.373. The van der Waals surface area contributed by atoms with E-state index in [0.29, 0.717) is 10.1 Å². The molecule has 1 rings (SSSR count). The van der Waals surface area contributed by atoms with Crippen molar-refractivity contribution >= 4 is 34.5 Å². The number of phenols is 1. The summed E-state index contributed by atoms with van der Waals surface area (Å²) in [7, 11) is 1.50. The predicted octanol–water partition coefficient (Wildman–Crippen LogP) is 1.97. The molecule has 0 amide bonds. The summed E-state index contributed by atoms with van der Waals surface area (Å²) in [6.45, 7) is 0. The van der Waals surface area contributed by atoms with E-state index in [-0.39, 0.29) is 5.75 Å². The normalized spacial score (nSPS) is 10.4. The van der Waals surface area contributed by atoms with Gasteiger partial charge in [0.1, 0.15) is 0 Å². The maximum atomic E-state index is 9.38. The highest BCUT2D eigenvalue weighted by Crippen LogP contribution is 2.25. The van der Waals surface area contributed by atoms with Gasteiger partial charge >= 0.3 is 0 Å². The minimum Gasteiger partial charge on any atom is -0.504 e. The minimum atomic E-state index is 0.104. The van der Waals surface area contributed by atoms with Gasteiger partial charge in [0.25, 0.3) is 0 Å². The molecular weight excluding hydrogens is 244 g/mol. The zero-order valence-electron chi connectivity index (χ0n) is 8.93. The quantitative estimate of drug-likeness (QED) is 0.492. The summed E-state index contributed by atoms with van der Waals surface area (Å²) >= 11 is 6.33. The lowest BCUT2D eigenvalue weighted by Gasteiger charge is -2.03. The van der Waals surface area contributed by atoms with Gasteiger partial charge in [0.2, 0.25) is 0 Å². The van der Waals surface area contributed by atoms with Crippen LogP contribution in [0.25, 0.3) is 0 Å². The Bertz CT molecular complexity index is 408. The number of methoxy groups -OCH3 is 1. The Labute approximate surface area is 104 Å². The van der Waals surface area contributed by atoms with Crippen LogP contribution >= 0.6 is 24.0 Å². The Balaban J connectivity index is 2.70. The summed E-state index contributed by atoms with van der Waals surface area (Å²) in [4.78, 5) is 0. The van der Waals surface area contributed by atoms with E-state index in [1.165, 1.54) is 18.9 Å².